The highest BCUT2D eigenvalue weighted by Gasteiger charge is 1.78. The first-order valence-corrected chi connectivity index (χ1v) is 6.29. The molecule has 0 rings (SSSR count). The van der Waals surface area contributed by atoms with Crippen LogP contribution in [0.15, 0.2) is 97.2 Å². The van der Waals surface area contributed by atoms with Gasteiger partial charge in [0.25, 0.3) is 0 Å². The molecule has 0 aromatic carbocycles. The van der Waals surface area contributed by atoms with Gasteiger partial charge in [0, 0.05) is 6.08 Å². The lowest BCUT2D eigenvalue weighted by molar-refractivity contribution is -0.131. The third kappa shape index (κ3) is 15.4. The fraction of sp³-hybridized carbons (Fsp3) is 0.0556. The van der Waals surface area contributed by atoms with Gasteiger partial charge < -0.3 is 5.11 Å². The molecule has 0 amide bonds. The fourth-order valence-electron chi connectivity index (χ4n) is 1.02. The van der Waals surface area contributed by atoms with E-state index in [4.69, 9.17) is 5.11 Å². The Kier molecular flexibility index (Phi) is 12.6. The molecule has 0 heterocycles. The van der Waals surface area contributed by atoms with Gasteiger partial charge in [-0.2, -0.15) is 0 Å². The quantitative estimate of drug-likeness (QED) is 0.518. The van der Waals surface area contributed by atoms with Crippen LogP contribution >= 0.6 is 0 Å². The average molecular weight is 268 g/mol. The zero-order chi connectivity index (χ0) is 14.9. The van der Waals surface area contributed by atoms with E-state index in [1.807, 2.05) is 79.8 Å². The minimum absolute atomic E-state index is 0.947. The number of carboxylic acids is 1. The summed E-state index contributed by atoms with van der Waals surface area (Å²) in [5.41, 5.74) is 0. The van der Waals surface area contributed by atoms with Gasteiger partial charge in [0.15, 0.2) is 0 Å². The second-order valence-corrected chi connectivity index (χ2v) is 3.53. The first kappa shape index (κ1) is 17.4. The van der Waals surface area contributed by atoms with Crippen molar-refractivity contribution in [3.05, 3.63) is 97.2 Å². The van der Waals surface area contributed by atoms with Crippen molar-refractivity contribution >= 4 is 5.97 Å². The van der Waals surface area contributed by atoms with Crippen LogP contribution in [0.25, 0.3) is 0 Å². The summed E-state index contributed by atoms with van der Waals surface area (Å²) in [7, 11) is 0. The topological polar surface area (TPSA) is 37.3 Å². The molecule has 0 aliphatic heterocycles. The summed E-state index contributed by atoms with van der Waals surface area (Å²) in [6.45, 7) is 1.98. The molecular formula is C18H20O2. The molecule has 0 aromatic rings. The summed E-state index contributed by atoms with van der Waals surface area (Å²) in [6, 6.07) is 0. The van der Waals surface area contributed by atoms with Crippen molar-refractivity contribution in [2.24, 2.45) is 0 Å². The van der Waals surface area contributed by atoms with E-state index in [1.165, 1.54) is 6.08 Å². The van der Waals surface area contributed by atoms with Crippen molar-refractivity contribution in [2.45, 2.75) is 6.92 Å². The molecule has 20 heavy (non-hydrogen) atoms. The SMILES string of the molecule is C/C=C/C=C/C=C/C=C/C=C/C=C/C=C/C=C/C(=O)O. The summed E-state index contributed by atoms with van der Waals surface area (Å²) >= 11 is 0. The molecule has 0 saturated heterocycles. The average Bonchev–Trinajstić information content (AvgIpc) is 2.43. The van der Waals surface area contributed by atoms with Crippen LogP contribution in [-0.2, 0) is 4.79 Å². The Bertz CT molecular complexity index is 482. The number of hydrogen-bond donors (Lipinski definition) is 1. The molecule has 0 bridgehead atoms. The molecule has 2 nitrogen and oxygen atoms in total. The predicted molar refractivity (Wildman–Crippen MR) is 86.4 cm³/mol. The minimum Gasteiger partial charge on any atom is -0.478 e. The summed E-state index contributed by atoms with van der Waals surface area (Å²) in [4.78, 5) is 10.2. The second-order valence-electron chi connectivity index (χ2n) is 3.53. The van der Waals surface area contributed by atoms with Crippen LogP contribution in [-0.4, -0.2) is 11.1 Å². The Hall–Kier alpha value is -2.61. The van der Waals surface area contributed by atoms with Crippen LogP contribution < -0.4 is 0 Å². The van der Waals surface area contributed by atoms with Crippen molar-refractivity contribution in [3.8, 4) is 0 Å². The van der Waals surface area contributed by atoms with Gasteiger partial charge in [-0.05, 0) is 6.92 Å². The lowest BCUT2D eigenvalue weighted by Gasteiger charge is -1.76. The summed E-state index contributed by atoms with van der Waals surface area (Å²) in [5.74, 6) is -0.947. The van der Waals surface area contributed by atoms with Gasteiger partial charge in [0.2, 0.25) is 0 Å². The van der Waals surface area contributed by atoms with E-state index in [2.05, 4.69) is 0 Å². The number of aliphatic carboxylic acids is 1. The number of rotatable bonds is 8. The van der Waals surface area contributed by atoms with Crippen LogP contribution in [0.3, 0.4) is 0 Å². The molecular weight excluding hydrogens is 248 g/mol. The third-order valence-corrected chi connectivity index (χ3v) is 1.88. The van der Waals surface area contributed by atoms with E-state index in [0.717, 1.165) is 6.08 Å². The van der Waals surface area contributed by atoms with Crippen molar-refractivity contribution < 1.29 is 9.90 Å². The first-order valence-electron chi connectivity index (χ1n) is 6.29. The molecule has 0 spiro atoms. The van der Waals surface area contributed by atoms with Crippen molar-refractivity contribution in [2.75, 3.05) is 0 Å². The van der Waals surface area contributed by atoms with Gasteiger partial charge in [-0.3, -0.25) is 0 Å². The van der Waals surface area contributed by atoms with Gasteiger partial charge >= 0.3 is 5.97 Å². The van der Waals surface area contributed by atoms with E-state index in [9.17, 15) is 4.79 Å². The first-order chi connectivity index (χ1) is 9.77. The molecule has 2 heteroatoms. The highest BCUT2D eigenvalue weighted by molar-refractivity contribution is 5.80. The van der Waals surface area contributed by atoms with Gasteiger partial charge in [-0.15, -0.1) is 0 Å². The molecule has 1 N–H and O–H groups in total. The molecule has 0 atom stereocenters. The Morgan fingerprint density at radius 2 is 0.900 bits per heavy atom. The summed E-state index contributed by atoms with van der Waals surface area (Å²) in [6.07, 6.45) is 29.1. The maximum Gasteiger partial charge on any atom is 0.328 e. The Morgan fingerprint density at radius 1 is 0.600 bits per heavy atom. The monoisotopic (exact) mass is 268 g/mol. The van der Waals surface area contributed by atoms with Crippen molar-refractivity contribution in [3.63, 3.8) is 0 Å². The van der Waals surface area contributed by atoms with E-state index in [0.29, 0.717) is 0 Å². The predicted octanol–water partition coefficient (Wildman–Crippen LogP) is 4.54. The fourth-order valence-corrected chi connectivity index (χ4v) is 1.02. The largest absolute Gasteiger partial charge is 0.478 e. The van der Waals surface area contributed by atoms with Crippen molar-refractivity contribution in [1.29, 1.82) is 0 Å². The summed E-state index contributed by atoms with van der Waals surface area (Å²) < 4.78 is 0. The van der Waals surface area contributed by atoms with Crippen LogP contribution in [0, 0.1) is 0 Å². The molecule has 0 radical (unpaired) electrons. The Balaban J connectivity index is 3.88. The molecule has 0 aliphatic rings. The number of allylic oxidation sites excluding steroid dienone is 15. The molecule has 0 aromatic heterocycles. The Labute approximate surface area is 120 Å². The Morgan fingerprint density at radius 3 is 1.20 bits per heavy atom. The van der Waals surface area contributed by atoms with Crippen molar-refractivity contribution in [1.82, 2.24) is 0 Å². The van der Waals surface area contributed by atoms with E-state index in [1.54, 1.807) is 12.2 Å². The lowest BCUT2D eigenvalue weighted by Crippen LogP contribution is -1.84. The van der Waals surface area contributed by atoms with Gasteiger partial charge in [0.05, 0.1) is 0 Å². The smallest absolute Gasteiger partial charge is 0.328 e. The molecule has 0 unspecified atom stereocenters. The summed E-state index contributed by atoms with van der Waals surface area (Å²) in [5, 5.41) is 8.35. The molecule has 0 saturated carbocycles. The standard InChI is InChI=1S/C18H20O2/c1-2-3-4-5-6-7-8-9-10-11-12-13-14-15-16-17-18(19)20/h2-17H,1H3,(H,19,20)/b3-2+,5-4+,7-6+,9-8+,11-10+,13-12+,15-14+,17-16+. The van der Waals surface area contributed by atoms with E-state index >= 15 is 0 Å². The zero-order valence-electron chi connectivity index (χ0n) is 11.6. The van der Waals surface area contributed by atoms with Gasteiger partial charge in [0.1, 0.15) is 0 Å². The maximum absolute atomic E-state index is 10.2. The second kappa shape index (κ2) is 14.5. The number of hydrogen-bond acceptors (Lipinski definition) is 1. The third-order valence-electron chi connectivity index (χ3n) is 1.88. The number of carbonyl (C=O) groups is 1. The van der Waals surface area contributed by atoms with Gasteiger partial charge in [-0.1, -0.05) is 91.1 Å². The highest BCUT2D eigenvalue weighted by atomic mass is 16.4. The number of carboxylic acid groups (broad SMARTS) is 1. The molecule has 104 valence electrons. The normalized spacial score (nSPS) is 14.1. The minimum atomic E-state index is -0.947. The van der Waals surface area contributed by atoms with Crippen LogP contribution in [0.4, 0.5) is 0 Å². The van der Waals surface area contributed by atoms with Crippen LogP contribution in [0.2, 0.25) is 0 Å². The van der Waals surface area contributed by atoms with E-state index < -0.39 is 5.97 Å². The highest BCUT2D eigenvalue weighted by Crippen LogP contribution is 1.86. The van der Waals surface area contributed by atoms with Crippen LogP contribution in [0.5, 0.6) is 0 Å². The van der Waals surface area contributed by atoms with Crippen LogP contribution in [0.1, 0.15) is 6.92 Å². The lowest BCUT2D eigenvalue weighted by atomic mass is 10.3. The van der Waals surface area contributed by atoms with E-state index in [-0.39, 0.29) is 0 Å². The molecule has 0 aliphatic carbocycles. The zero-order valence-corrected chi connectivity index (χ0v) is 11.6. The van der Waals surface area contributed by atoms with Gasteiger partial charge in [-0.25, -0.2) is 4.79 Å². The maximum atomic E-state index is 10.2. The molecule has 0 fully saturated rings.